The van der Waals surface area contributed by atoms with E-state index in [9.17, 15) is 0 Å². The second-order valence-corrected chi connectivity index (χ2v) is 6.16. The molecular weight excluding hydrogens is 310 g/mol. The van der Waals surface area contributed by atoms with Crippen LogP contribution in [0.25, 0.3) is 0 Å². The Balaban J connectivity index is 0. The van der Waals surface area contributed by atoms with E-state index in [4.69, 9.17) is 0 Å². The minimum atomic E-state index is 0. The maximum Gasteiger partial charge on any atom is 0.134 e. The molecule has 1 unspecified atom stereocenters. The molecule has 0 N–H and O–H groups in total. The highest BCUT2D eigenvalue weighted by Crippen LogP contribution is 2.13. The largest absolute Gasteiger partial charge is 1.00 e. The van der Waals surface area contributed by atoms with Gasteiger partial charge in [0, 0.05) is 0 Å². The number of hydrogen-bond acceptors (Lipinski definition) is 0. The lowest BCUT2D eigenvalue weighted by Gasteiger charge is -2.32. The van der Waals surface area contributed by atoms with Gasteiger partial charge in [-0.3, -0.25) is 0 Å². The van der Waals surface area contributed by atoms with E-state index in [-0.39, 0.29) is 12.4 Å². The maximum absolute atomic E-state index is 3.70. The highest BCUT2D eigenvalue weighted by Gasteiger charge is 2.18. The Labute approximate surface area is 130 Å². The number of rotatable bonds is 12. The third-order valence-corrected chi connectivity index (χ3v) is 4.85. The Bertz CT molecular complexity index is 167. The highest BCUT2D eigenvalue weighted by atomic mass is 79.9. The van der Waals surface area contributed by atoms with Crippen molar-refractivity contribution in [1.82, 2.24) is 0 Å². The van der Waals surface area contributed by atoms with Crippen LogP contribution in [0.4, 0.5) is 0 Å². The average Bonchev–Trinajstić information content (AvgIpc) is 2.34. The molecule has 0 bridgehead atoms. The molecule has 3 heteroatoms. The number of nitrogens with zero attached hydrogens (tertiary/aromatic N) is 1. The van der Waals surface area contributed by atoms with Gasteiger partial charge in [-0.15, -0.1) is 0 Å². The first-order valence-electron chi connectivity index (χ1n) is 7.58. The number of quaternary nitrogens is 1. The third-order valence-electron chi connectivity index (χ3n) is 3.64. The topological polar surface area (TPSA) is 0 Å². The smallest absolute Gasteiger partial charge is 0.134 e. The van der Waals surface area contributed by atoms with Gasteiger partial charge in [-0.1, -0.05) is 46.0 Å². The summed E-state index contributed by atoms with van der Waals surface area (Å²) in [4.78, 5) is 0. The van der Waals surface area contributed by atoms with E-state index < -0.39 is 0 Å². The van der Waals surface area contributed by atoms with Crippen molar-refractivity contribution in [1.29, 1.82) is 0 Å². The molecule has 0 saturated heterocycles. The molecular formula is C15H33BrClN. The summed E-state index contributed by atoms with van der Waals surface area (Å²) in [6.07, 6.45) is 12.6. The van der Waals surface area contributed by atoms with E-state index in [0.29, 0.717) is 0 Å². The molecule has 18 heavy (non-hydrogen) atoms. The third kappa shape index (κ3) is 11.8. The zero-order valence-electron chi connectivity index (χ0n) is 12.7. The van der Waals surface area contributed by atoms with Gasteiger partial charge >= 0.3 is 0 Å². The molecule has 0 spiro atoms. The van der Waals surface area contributed by atoms with Crippen LogP contribution in [0.3, 0.4) is 0 Å². The van der Waals surface area contributed by atoms with Crippen molar-refractivity contribution in [2.75, 3.05) is 25.6 Å². The van der Waals surface area contributed by atoms with E-state index >= 15 is 0 Å². The van der Waals surface area contributed by atoms with Gasteiger partial charge in [-0.2, -0.15) is 0 Å². The quantitative estimate of drug-likeness (QED) is 0.221. The summed E-state index contributed by atoms with van der Waals surface area (Å²) >= 11 is 3.70. The van der Waals surface area contributed by atoms with Gasteiger partial charge in [-0.25, -0.2) is 0 Å². The van der Waals surface area contributed by atoms with Crippen molar-refractivity contribution in [2.45, 2.75) is 71.6 Å². The fraction of sp³-hybridized carbons (Fsp3) is 1.00. The van der Waals surface area contributed by atoms with Gasteiger partial charge < -0.3 is 16.9 Å². The standard InChI is InChI=1S/C15H33BrN.ClH/c1-4-6-8-10-12-14-17(3,15-16)13-11-9-7-5-2;/h4-15H2,1-3H3;1H/q+1;/p-1. The first kappa shape index (κ1) is 21.0. The van der Waals surface area contributed by atoms with Crippen molar-refractivity contribution in [3.8, 4) is 0 Å². The van der Waals surface area contributed by atoms with Crippen LogP contribution in [0.1, 0.15) is 71.6 Å². The molecule has 0 fully saturated rings. The van der Waals surface area contributed by atoms with Crippen LogP contribution in [-0.4, -0.2) is 30.1 Å². The summed E-state index contributed by atoms with van der Waals surface area (Å²) in [6, 6.07) is 0. The van der Waals surface area contributed by atoms with E-state index in [1.807, 2.05) is 0 Å². The molecule has 0 saturated carbocycles. The lowest BCUT2D eigenvalue weighted by Crippen LogP contribution is -3.00. The van der Waals surface area contributed by atoms with E-state index in [1.54, 1.807) is 0 Å². The minimum Gasteiger partial charge on any atom is -1.00 e. The highest BCUT2D eigenvalue weighted by molar-refractivity contribution is 9.09. The van der Waals surface area contributed by atoms with Gasteiger partial charge in [0.1, 0.15) is 5.45 Å². The first-order chi connectivity index (χ1) is 8.18. The van der Waals surface area contributed by atoms with Crippen molar-refractivity contribution >= 4 is 15.9 Å². The Hall–Kier alpha value is 0.730. The lowest BCUT2D eigenvalue weighted by molar-refractivity contribution is -0.896. The molecule has 1 nitrogen and oxygen atoms in total. The number of alkyl halides is 1. The Morgan fingerprint density at radius 3 is 1.50 bits per heavy atom. The fourth-order valence-electron chi connectivity index (χ4n) is 2.25. The molecule has 0 aromatic heterocycles. The molecule has 0 aromatic carbocycles. The summed E-state index contributed by atoms with van der Waals surface area (Å²) in [5, 5.41) is 0. The van der Waals surface area contributed by atoms with Gasteiger partial charge in [0.15, 0.2) is 0 Å². The van der Waals surface area contributed by atoms with Crippen LogP contribution in [0.15, 0.2) is 0 Å². The summed E-state index contributed by atoms with van der Waals surface area (Å²) in [5.41, 5.74) is 1.12. The number of unbranched alkanes of at least 4 members (excludes halogenated alkanes) is 7. The Kier molecular flexibility index (Phi) is 16.5. The lowest BCUT2D eigenvalue weighted by atomic mass is 10.1. The normalized spacial score (nSPS) is 14.0. The van der Waals surface area contributed by atoms with Gasteiger partial charge in [0.2, 0.25) is 0 Å². The minimum absolute atomic E-state index is 0. The fourth-order valence-corrected chi connectivity index (χ4v) is 2.75. The monoisotopic (exact) mass is 341 g/mol. The molecule has 1 atom stereocenters. The van der Waals surface area contributed by atoms with Crippen LogP contribution < -0.4 is 12.4 Å². The van der Waals surface area contributed by atoms with Gasteiger partial charge in [0.25, 0.3) is 0 Å². The predicted octanol–water partition coefficient (Wildman–Crippen LogP) is 2.34. The summed E-state index contributed by atoms with van der Waals surface area (Å²) < 4.78 is 1.22. The molecule has 0 aliphatic rings. The van der Waals surface area contributed by atoms with Crippen LogP contribution in [0, 0.1) is 0 Å². The average molecular weight is 343 g/mol. The summed E-state index contributed by atoms with van der Waals surface area (Å²) in [6.45, 7) is 7.26. The van der Waals surface area contributed by atoms with E-state index in [2.05, 4.69) is 36.8 Å². The van der Waals surface area contributed by atoms with Crippen LogP contribution >= 0.6 is 15.9 Å². The summed E-state index contributed by atoms with van der Waals surface area (Å²) in [5.74, 6) is 0. The molecule has 0 radical (unpaired) electrons. The molecule has 0 aliphatic carbocycles. The van der Waals surface area contributed by atoms with E-state index in [1.165, 1.54) is 75.4 Å². The van der Waals surface area contributed by atoms with Crippen molar-refractivity contribution in [3.05, 3.63) is 0 Å². The Morgan fingerprint density at radius 1 is 0.722 bits per heavy atom. The van der Waals surface area contributed by atoms with E-state index in [0.717, 1.165) is 5.45 Å². The molecule has 0 aliphatic heterocycles. The molecule has 0 heterocycles. The van der Waals surface area contributed by atoms with Crippen LogP contribution in [0.2, 0.25) is 0 Å². The Morgan fingerprint density at radius 2 is 1.11 bits per heavy atom. The SMILES string of the molecule is CCCCCCC[N+](C)(CBr)CCCCCC.[Cl-]. The van der Waals surface area contributed by atoms with Gasteiger partial charge in [0.05, 0.1) is 20.1 Å². The predicted molar refractivity (Wildman–Crippen MR) is 82.6 cm³/mol. The molecule has 0 amide bonds. The second-order valence-electron chi connectivity index (χ2n) is 5.66. The summed E-state index contributed by atoms with van der Waals surface area (Å²) in [7, 11) is 2.40. The maximum atomic E-state index is 3.70. The zero-order valence-corrected chi connectivity index (χ0v) is 15.0. The molecule has 0 rings (SSSR count). The first-order valence-corrected chi connectivity index (χ1v) is 8.70. The van der Waals surface area contributed by atoms with Crippen molar-refractivity contribution < 1.29 is 16.9 Å². The van der Waals surface area contributed by atoms with Crippen LogP contribution in [0.5, 0.6) is 0 Å². The molecule has 0 aromatic rings. The van der Waals surface area contributed by atoms with Crippen LogP contribution in [-0.2, 0) is 0 Å². The zero-order chi connectivity index (χ0) is 13.0. The number of hydrogen-bond donors (Lipinski definition) is 0. The molecule has 112 valence electrons. The second kappa shape index (κ2) is 14.1. The van der Waals surface area contributed by atoms with Crippen molar-refractivity contribution in [3.63, 3.8) is 0 Å². The number of halogens is 2. The van der Waals surface area contributed by atoms with Crippen molar-refractivity contribution in [2.24, 2.45) is 0 Å². The van der Waals surface area contributed by atoms with Gasteiger partial charge in [-0.05, 0) is 41.6 Å².